The molecule has 1 atom stereocenters. The largest absolute Gasteiger partial charge is 0.496 e. The van der Waals surface area contributed by atoms with E-state index in [2.05, 4.69) is 0 Å². The van der Waals surface area contributed by atoms with Crippen molar-refractivity contribution in [3.63, 3.8) is 0 Å². The molecule has 1 fully saturated rings. The molecular weight excluding hydrogens is 224 g/mol. The lowest BCUT2D eigenvalue weighted by atomic mass is 10.1. The number of methoxy groups -OCH3 is 1. The van der Waals surface area contributed by atoms with Crippen molar-refractivity contribution in [1.82, 2.24) is 0 Å². The standard InChI is InChI=1S/C12H16O3S/c1-8(13)12-10(14-2)4-3-5-11(12)16-9-6-15-7-9/h3-5,8-9,13H,6-7H2,1-2H3. The lowest BCUT2D eigenvalue weighted by molar-refractivity contribution is 0.0454. The van der Waals surface area contributed by atoms with E-state index in [1.807, 2.05) is 18.2 Å². The van der Waals surface area contributed by atoms with Crippen molar-refractivity contribution in [2.24, 2.45) is 0 Å². The predicted octanol–water partition coefficient (Wildman–Crippen LogP) is 2.24. The molecule has 0 spiro atoms. The highest BCUT2D eigenvalue weighted by Gasteiger charge is 2.23. The van der Waals surface area contributed by atoms with Crippen molar-refractivity contribution in [2.45, 2.75) is 23.2 Å². The molecule has 16 heavy (non-hydrogen) atoms. The molecule has 3 nitrogen and oxygen atoms in total. The molecule has 0 amide bonds. The van der Waals surface area contributed by atoms with Gasteiger partial charge in [-0.25, -0.2) is 0 Å². The fourth-order valence-corrected chi connectivity index (χ4v) is 2.92. The molecule has 1 aromatic rings. The molecule has 1 N–H and O–H groups in total. The van der Waals surface area contributed by atoms with Gasteiger partial charge in [0.1, 0.15) is 5.75 Å². The minimum Gasteiger partial charge on any atom is -0.496 e. The van der Waals surface area contributed by atoms with Gasteiger partial charge in [-0.1, -0.05) is 6.07 Å². The van der Waals surface area contributed by atoms with Gasteiger partial charge in [0, 0.05) is 10.5 Å². The first-order valence-corrected chi connectivity index (χ1v) is 6.19. The Morgan fingerprint density at radius 2 is 2.25 bits per heavy atom. The summed E-state index contributed by atoms with van der Waals surface area (Å²) in [6, 6.07) is 5.85. The van der Waals surface area contributed by atoms with Gasteiger partial charge >= 0.3 is 0 Å². The van der Waals surface area contributed by atoms with E-state index in [-0.39, 0.29) is 0 Å². The molecule has 0 saturated carbocycles. The first kappa shape index (κ1) is 11.8. The van der Waals surface area contributed by atoms with Crippen LogP contribution in [0.2, 0.25) is 0 Å². The van der Waals surface area contributed by atoms with E-state index in [1.54, 1.807) is 25.8 Å². The van der Waals surface area contributed by atoms with E-state index >= 15 is 0 Å². The van der Waals surface area contributed by atoms with Crippen LogP contribution in [0.3, 0.4) is 0 Å². The summed E-state index contributed by atoms with van der Waals surface area (Å²) in [5, 5.41) is 10.3. The predicted molar refractivity (Wildman–Crippen MR) is 64.1 cm³/mol. The van der Waals surface area contributed by atoms with Gasteiger partial charge in [0.25, 0.3) is 0 Å². The van der Waals surface area contributed by atoms with Crippen LogP contribution < -0.4 is 4.74 Å². The summed E-state index contributed by atoms with van der Waals surface area (Å²) in [7, 11) is 1.63. The van der Waals surface area contributed by atoms with Crippen LogP contribution in [0.1, 0.15) is 18.6 Å². The van der Waals surface area contributed by atoms with Gasteiger partial charge in [-0.2, -0.15) is 0 Å². The van der Waals surface area contributed by atoms with E-state index in [0.717, 1.165) is 29.4 Å². The maximum absolute atomic E-state index is 9.80. The molecule has 0 bridgehead atoms. The van der Waals surface area contributed by atoms with Crippen molar-refractivity contribution in [2.75, 3.05) is 20.3 Å². The molecule has 1 unspecified atom stereocenters. The third-order valence-electron chi connectivity index (χ3n) is 2.56. The second kappa shape index (κ2) is 5.08. The monoisotopic (exact) mass is 240 g/mol. The van der Waals surface area contributed by atoms with Crippen molar-refractivity contribution in [3.8, 4) is 5.75 Å². The normalized spacial score (nSPS) is 17.9. The van der Waals surface area contributed by atoms with Crippen molar-refractivity contribution in [1.29, 1.82) is 0 Å². The number of aliphatic hydroxyl groups is 1. The fourth-order valence-electron chi connectivity index (χ4n) is 1.68. The molecule has 1 aliphatic rings. The topological polar surface area (TPSA) is 38.7 Å². The maximum atomic E-state index is 9.80. The van der Waals surface area contributed by atoms with E-state index < -0.39 is 6.10 Å². The minimum absolute atomic E-state index is 0.504. The quantitative estimate of drug-likeness (QED) is 0.876. The van der Waals surface area contributed by atoms with Crippen LogP contribution in [0.5, 0.6) is 5.75 Å². The Morgan fingerprint density at radius 1 is 1.50 bits per heavy atom. The summed E-state index contributed by atoms with van der Waals surface area (Å²) in [6.07, 6.45) is -0.514. The van der Waals surface area contributed by atoms with Crippen LogP contribution in [0.15, 0.2) is 23.1 Å². The number of thioether (sulfide) groups is 1. The van der Waals surface area contributed by atoms with Crippen molar-refractivity contribution >= 4 is 11.8 Å². The zero-order valence-corrected chi connectivity index (χ0v) is 10.3. The zero-order valence-electron chi connectivity index (χ0n) is 9.47. The third kappa shape index (κ3) is 2.34. The summed E-state index contributed by atoms with van der Waals surface area (Å²) in [6.45, 7) is 3.35. The molecular formula is C12H16O3S. The Bertz CT molecular complexity index is 361. The first-order chi connectivity index (χ1) is 7.72. The summed E-state index contributed by atoms with van der Waals surface area (Å²) in [5.74, 6) is 0.750. The van der Waals surface area contributed by atoms with Crippen LogP contribution in [0.4, 0.5) is 0 Å². The van der Waals surface area contributed by atoms with E-state index in [9.17, 15) is 5.11 Å². The van der Waals surface area contributed by atoms with E-state index in [0.29, 0.717) is 5.25 Å². The molecule has 0 aromatic heterocycles. The van der Waals surface area contributed by atoms with Crippen LogP contribution in [-0.2, 0) is 4.74 Å². The smallest absolute Gasteiger partial charge is 0.125 e. The molecule has 88 valence electrons. The van der Waals surface area contributed by atoms with Gasteiger partial charge in [-0.05, 0) is 19.1 Å². The lowest BCUT2D eigenvalue weighted by Gasteiger charge is -2.27. The SMILES string of the molecule is COc1cccc(SC2COC2)c1C(C)O. The molecule has 1 heterocycles. The summed E-state index contributed by atoms with van der Waals surface area (Å²) < 4.78 is 10.4. The van der Waals surface area contributed by atoms with Crippen LogP contribution in [0.25, 0.3) is 0 Å². The van der Waals surface area contributed by atoms with Crippen LogP contribution in [-0.4, -0.2) is 30.7 Å². The number of hydrogen-bond donors (Lipinski definition) is 1. The first-order valence-electron chi connectivity index (χ1n) is 5.31. The highest BCUT2D eigenvalue weighted by molar-refractivity contribution is 8.00. The lowest BCUT2D eigenvalue weighted by Crippen LogP contribution is -2.30. The number of benzene rings is 1. The van der Waals surface area contributed by atoms with Gasteiger partial charge in [-0.3, -0.25) is 0 Å². The Morgan fingerprint density at radius 3 is 2.75 bits per heavy atom. The number of ether oxygens (including phenoxy) is 2. The average Bonchev–Trinajstić information content (AvgIpc) is 2.22. The van der Waals surface area contributed by atoms with Gasteiger partial charge in [-0.15, -0.1) is 11.8 Å². The van der Waals surface area contributed by atoms with Crippen LogP contribution in [0, 0.1) is 0 Å². The second-order valence-electron chi connectivity index (χ2n) is 3.83. The third-order valence-corrected chi connectivity index (χ3v) is 3.78. The second-order valence-corrected chi connectivity index (χ2v) is 5.17. The summed E-state index contributed by atoms with van der Waals surface area (Å²) in [4.78, 5) is 1.09. The molecule has 1 aromatic carbocycles. The number of hydrogen-bond acceptors (Lipinski definition) is 4. The molecule has 1 saturated heterocycles. The van der Waals surface area contributed by atoms with E-state index in [1.165, 1.54) is 0 Å². The average molecular weight is 240 g/mol. The highest BCUT2D eigenvalue weighted by atomic mass is 32.2. The molecule has 2 rings (SSSR count). The van der Waals surface area contributed by atoms with Crippen molar-refractivity contribution < 1.29 is 14.6 Å². The van der Waals surface area contributed by atoms with Gasteiger partial charge in [0.05, 0.1) is 31.7 Å². The fraction of sp³-hybridized carbons (Fsp3) is 0.500. The zero-order chi connectivity index (χ0) is 11.5. The Labute approximate surface area is 99.8 Å². The Hall–Kier alpha value is -0.710. The number of rotatable bonds is 4. The Balaban J connectivity index is 2.26. The van der Waals surface area contributed by atoms with Gasteiger partial charge < -0.3 is 14.6 Å². The molecule has 1 aliphatic heterocycles. The molecule has 0 radical (unpaired) electrons. The highest BCUT2D eigenvalue weighted by Crippen LogP contribution is 2.38. The van der Waals surface area contributed by atoms with Gasteiger partial charge in [0.2, 0.25) is 0 Å². The van der Waals surface area contributed by atoms with E-state index in [4.69, 9.17) is 9.47 Å². The minimum atomic E-state index is -0.514. The van der Waals surface area contributed by atoms with Crippen LogP contribution >= 0.6 is 11.8 Å². The molecule has 4 heteroatoms. The number of aliphatic hydroxyl groups excluding tert-OH is 1. The van der Waals surface area contributed by atoms with Gasteiger partial charge in [0.15, 0.2) is 0 Å². The molecule has 0 aliphatic carbocycles. The summed E-state index contributed by atoms with van der Waals surface area (Å²) in [5.41, 5.74) is 0.877. The summed E-state index contributed by atoms with van der Waals surface area (Å²) >= 11 is 1.75. The maximum Gasteiger partial charge on any atom is 0.125 e. The Kier molecular flexibility index (Phi) is 3.74. The van der Waals surface area contributed by atoms with Crippen molar-refractivity contribution in [3.05, 3.63) is 23.8 Å².